The van der Waals surface area contributed by atoms with Gasteiger partial charge in [0, 0.05) is 0 Å². The number of aliphatic hydroxyl groups is 1. The van der Waals surface area contributed by atoms with Crippen LogP contribution in [0.2, 0.25) is 0 Å². The molecule has 2 saturated heterocycles. The van der Waals surface area contributed by atoms with Gasteiger partial charge in [-0.15, -0.1) is 0 Å². The van der Waals surface area contributed by atoms with Crippen molar-refractivity contribution in [3.05, 3.63) is 0 Å². The van der Waals surface area contributed by atoms with Gasteiger partial charge in [0.1, 0.15) is 0 Å². The van der Waals surface area contributed by atoms with Gasteiger partial charge >= 0.3 is 17.9 Å². The molecule has 0 aromatic carbocycles. The molecule has 1 N–H and O–H groups in total. The molecule has 6 heteroatoms. The van der Waals surface area contributed by atoms with Gasteiger partial charge in [0.25, 0.3) is 0 Å². The molecule has 16 heavy (non-hydrogen) atoms. The zero-order valence-corrected chi connectivity index (χ0v) is 8.72. The molecule has 3 aliphatic rings. The minimum atomic E-state index is -1.35. The van der Waals surface area contributed by atoms with E-state index in [-0.39, 0.29) is 0 Å². The first kappa shape index (κ1) is 9.77. The average Bonchev–Trinajstić information content (AvgIpc) is 2.44. The number of ether oxygens (including phenoxy) is 2. The van der Waals surface area contributed by atoms with Crippen molar-refractivity contribution in [2.45, 2.75) is 20.1 Å². The number of aliphatic hydroxyl groups excluding tert-OH is 1. The third kappa shape index (κ3) is 0.658. The van der Waals surface area contributed by atoms with E-state index in [9.17, 15) is 19.5 Å². The lowest BCUT2D eigenvalue weighted by Crippen LogP contribution is -2.65. The summed E-state index contributed by atoms with van der Waals surface area (Å²) >= 11 is 0. The Hall–Kier alpha value is -1.43. The van der Waals surface area contributed by atoms with Crippen LogP contribution in [-0.4, -0.2) is 29.3 Å². The van der Waals surface area contributed by atoms with Crippen molar-refractivity contribution in [3.8, 4) is 0 Å². The summed E-state index contributed by atoms with van der Waals surface area (Å²) in [7, 11) is 0. The van der Waals surface area contributed by atoms with Gasteiger partial charge in [-0.3, -0.25) is 14.4 Å². The summed E-state index contributed by atoms with van der Waals surface area (Å²) in [5.74, 6) is -3.60. The van der Waals surface area contributed by atoms with Crippen molar-refractivity contribution < 1.29 is 29.0 Å². The molecule has 1 aliphatic carbocycles. The second-order valence-electron chi connectivity index (χ2n) is 5.01. The maximum Gasteiger partial charge on any atom is 0.321 e. The Bertz CT molecular complexity index is 433. The molecule has 1 saturated carbocycles. The molecule has 0 amide bonds. The largest absolute Gasteiger partial charge is 0.435 e. The normalized spacial score (nSPS) is 53.9. The van der Waals surface area contributed by atoms with Crippen LogP contribution >= 0.6 is 0 Å². The van der Waals surface area contributed by atoms with Gasteiger partial charge in [-0.2, -0.15) is 0 Å². The number of hydrogen-bond donors (Lipinski definition) is 1. The molecule has 86 valence electrons. The SMILES string of the molecule is CC12C(=O)OC(=O)C1C1(C)C(O)OC(=O)C21. The van der Waals surface area contributed by atoms with E-state index in [2.05, 4.69) is 4.74 Å². The number of hydrogen-bond acceptors (Lipinski definition) is 6. The highest BCUT2D eigenvalue weighted by molar-refractivity contribution is 6.06. The third-order valence-electron chi connectivity index (χ3n) is 4.31. The summed E-state index contributed by atoms with van der Waals surface area (Å²) in [5.41, 5.74) is -2.20. The lowest BCUT2D eigenvalue weighted by atomic mass is 9.41. The Labute approximate surface area is 90.5 Å². The molecular formula is C10H10O6. The number of fused-ring (bicyclic) bond motifs is 4. The molecular weight excluding hydrogens is 216 g/mol. The number of cyclic esters (lactones) is 3. The van der Waals surface area contributed by atoms with Gasteiger partial charge in [-0.25, -0.2) is 0 Å². The van der Waals surface area contributed by atoms with Gasteiger partial charge in [0.2, 0.25) is 6.29 Å². The van der Waals surface area contributed by atoms with E-state index in [1.165, 1.54) is 6.92 Å². The zero-order chi connectivity index (χ0) is 11.9. The first-order valence-electron chi connectivity index (χ1n) is 4.99. The maximum atomic E-state index is 11.6. The van der Waals surface area contributed by atoms with Crippen molar-refractivity contribution in [2.75, 3.05) is 0 Å². The highest BCUT2D eigenvalue weighted by Crippen LogP contribution is 2.71. The van der Waals surface area contributed by atoms with Crippen LogP contribution in [-0.2, 0) is 23.9 Å². The lowest BCUT2D eigenvalue weighted by molar-refractivity contribution is -0.205. The van der Waals surface area contributed by atoms with E-state index in [0.717, 1.165) is 0 Å². The van der Waals surface area contributed by atoms with E-state index in [1.807, 2.05) is 0 Å². The van der Waals surface area contributed by atoms with Crippen molar-refractivity contribution in [1.29, 1.82) is 0 Å². The Morgan fingerprint density at radius 1 is 1.12 bits per heavy atom. The van der Waals surface area contributed by atoms with E-state index in [0.29, 0.717) is 0 Å². The third-order valence-corrected chi connectivity index (χ3v) is 4.31. The van der Waals surface area contributed by atoms with Gasteiger partial charge < -0.3 is 14.6 Å². The molecule has 2 aliphatic heterocycles. The van der Waals surface area contributed by atoms with Crippen LogP contribution in [0.5, 0.6) is 0 Å². The standard InChI is InChI=1S/C10H10O6/c1-9-3(5(11)15-7(9)13)10(2)4(9)6(12)16-8(10)14/h3-4,7,13H,1-2H3. The fourth-order valence-corrected chi connectivity index (χ4v) is 3.61. The second-order valence-corrected chi connectivity index (χ2v) is 5.01. The molecule has 0 aromatic rings. The van der Waals surface area contributed by atoms with Crippen LogP contribution in [0.15, 0.2) is 0 Å². The Morgan fingerprint density at radius 3 is 2.31 bits per heavy atom. The lowest BCUT2D eigenvalue weighted by Gasteiger charge is -2.53. The van der Waals surface area contributed by atoms with Crippen molar-refractivity contribution in [1.82, 2.24) is 0 Å². The predicted octanol–water partition coefficient (Wildman–Crippen LogP) is -0.796. The maximum absolute atomic E-state index is 11.6. The summed E-state index contributed by atoms with van der Waals surface area (Å²) in [6, 6.07) is 0. The van der Waals surface area contributed by atoms with Gasteiger partial charge in [0.05, 0.1) is 22.7 Å². The van der Waals surface area contributed by atoms with Gasteiger partial charge in [-0.1, -0.05) is 6.92 Å². The molecule has 5 atom stereocenters. The first-order valence-corrected chi connectivity index (χ1v) is 4.99. The minimum absolute atomic E-state index is 0.639. The van der Waals surface area contributed by atoms with Crippen LogP contribution in [0.1, 0.15) is 13.8 Å². The number of carbonyl (C=O) groups excluding carboxylic acids is 3. The zero-order valence-electron chi connectivity index (χ0n) is 8.72. The fraction of sp³-hybridized carbons (Fsp3) is 0.700. The Kier molecular flexibility index (Phi) is 1.40. The van der Waals surface area contributed by atoms with Crippen LogP contribution in [0.25, 0.3) is 0 Å². The fourth-order valence-electron chi connectivity index (χ4n) is 3.61. The molecule has 6 nitrogen and oxygen atoms in total. The summed E-state index contributed by atoms with van der Waals surface area (Å²) in [5, 5.41) is 9.65. The monoisotopic (exact) mass is 226 g/mol. The summed E-state index contributed by atoms with van der Waals surface area (Å²) in [6.07, 6.45) is -1.35. The molecule has 0 spiro atoms. The van der Waals surface area contributed by atoms with Gasteiger partial charge in [-0.05, 0) is 6.92 Å². The highest BCUT2D eigenvalue weighted by atomic mass is 16.6. The smallest absolute Gasteiger partial charge is 0.321 e. The summed E-state index contributed by atoms with van der Waals surface area (Å²) in [4.78, 5) is 34.7. The average molecular weight is 226 g/mol. The van der Waals surface area contributed by atoms with Crippen LogP contribution in [0, 0.1) is 22.7 Å². The first-order chi connectivity index (χ1) is 7.34. The predicted molar refractivity (Wildman–Crippen MR) is 46.4 cm³/mol. The van der Waals surface area contributed by atoms with Gasteiger partial charge in [0.15, 0.2) is 0 Å². The highest BCUT2D eigenvalue weighted by Gasteiger charge is 2.85. The molecule has 0 aromatic heterocycles. The quantitative estimate of drug-likeness (QED) is 0.429. The topological polar surface area (TPSA) is 89.9 Å². The Balaban J connectivity index is 2.16. The van der Waals surface area contributed by atoms with Crippen molar-refractivity contribution in [3.63, 3.8) is 0 Å². The van der Waals surface area contributed by atoms with Crippen molar-refractivity contribution in [2.24, 2.45) is 22.7 Å². The van der Waals surface area contributed by atoms with Crippen LogP contribution in [0.3, 0.4) is 0 Å². The summed E-state index contributed by atoms with van der Waals surface area (Å²) in [6.45, 7) is 3.08. The molecule has 3 fully saturated rings. The summed E-state index contributed by atoms with van der Waals surface area (Å²) < 4.78 is 9.26. The van der Waals surface area contributed by atoms with E-state index in [4.69, 9.17) is 4.74 Å². The number of esters is 3. The number of carbonyl (C=O) groups is 3. The molecule has 5 unspecified atom stereocenters. The van der Waals surface area contributed by atoms with E-state index < -0.39 is 46.9 Å². The molecule has 2 heterocycles. The molecule has 0 radical (unpaired) electrons. The number of rotatable bonds is 0. The van der Waals surface area contributed by atoms with Crippen molar-refractivity contribution >= 4 is 17.9 Å². The second kappa shape index (κ2) is 2.29. The minimum Gasteiger partial charge on any atom is -0.435 e. The van der Waals surface area contributed by atoms with Crippen LogP contribution < -0.4 is 0 Å². The van der Waals surface area contributed by atoms with E-state index >= 15 is 0 Å². The Morgan fingerprint density at radius 2 is 1.69 bits per heavy atom. The van der Waals surface area contributed by atoms with Crippen LogP contribution in [0.4, 0.5) is 0 Å². The molecule has 3 rings (SSSR count). The van der Waals surface area contributed by atoms with E-state index in [1.54, 1.807) is 6.92 Å². The molecule has 0 bridgehead atoms.